The molecule has 0 unspecified atom stereocenters. The van der Waals surface area contributed by atoms with Crippen molar-refractivity contribution in [3.63, 3.8) is 0 Å². The van der Waals surface area contributed by atoms with E-state index in [1.807, 2.05) is 24.3 Å². The van der Waals surface area contributed by atoms with E-state index in [0.717, 1.165) is 11.1 Å². The number of hydrogen-bond acceptors (Lipinski definition) is 4. The predicted octanol–water partition coefficient (Wildman–Crippen LogP) is 1.48. The summed E-state index contributed by atoms with van der Waals surface area (Å²) in [4.78, 5) is 12.4. The summed E-state index contributed by atoms with van der Waals surface area (Å²) in [6.07, 6.45) is -0.0316. The van der Waals surface area contributed by atoms with Crippen LogP contribution in [-0.4, -0.2) is 27.3 Å². The van der Waals surface area contributed by atoms with E-state index in [4.69, 9.17) is 0 Å². The SMILES string of the molecule is Cc1cc(C(=O)N[C@@H]2c3ccccc3C[C@@H]2O)c(C)nn1. The van der Waals surface area contributed by atoms with Crippen LogP contribution < -0.4 is 5.32 Å². The summed E-state index contributed by atoms with van der Waals surface area (Å²) in [7, 11) is 0. The zero-order valence-corrected chi connectivity index (χ0v) is 12.0. The highest BCUT2D eigenvalue weighted by Crippen LogP contribution is 2.31. The number of carbonyl (C=O) groups excluding carboxylic acids is 1. The number of aliphatic hydroxyl groups excluding tert-OH is 1. The maximum Gasteiger partial charge on any atom is 0.253 e. The molecule has 0 aliphatic heterocycles. The van der Waals surface area contributed by atoms with E-state index in [1.54, 1.807) is 19.9 Å². The number of aryl methyl sites for hydroxylation is 2. The van der Waals surface area contributed by atoms with Gasteiger partial charge in [0.05, 0.1) is 29.1 Å². The Morgan fingerprint density at radius 3 is 2.86 bits per heavy atom. The second-order valence-electron chi connectivity index (χ2n) is 5.41. The number of nitrogens with one attached hydrogen (secondary N) is 1. The van der Waals surface area contributed by atoms with Gasteiger partial charge < -0.3 is 10.4 Å². The number of fused-ring (bicyclic) bond motifs is 1. The number of carbonyl (C=O) groups is 1. The molecule has 3 rings (SSSR count). The highest BCUT2D eigenvalue weighted by molar-refractivity contribution is 5.95. The van der Waals surface area contributed by atoms with Crippen molar-refractivity contribution in [2.45, 2.75) is 32.4 Å². The van der Waals surface area contributed by atoms with Crippen LogP contribution in [0.25, 0.3) is 0 Å². The van der Waals surface area contributed by atoms with Crippen molar-refractivity contribution < 1.29 is 9.90 Å². The van der Waals surface area contributed by atoms with Crippen molar-refractivity contribution in [3.8, 4) is 0 Å². The third-order valence-corrected chi connectivity index (χ3v) is 3.84. The second-order valence-corrected chi connectivity index (χ2v) is 5.41. The number of amides is 1. The number of aliphatic hydroxyl groups is 1. The summed E-state index contributed by atoms with van der Waals surface area (Å²) in [6, 6.07) is 9.12. The Labute approximate surface area is 123 Å². The highest BCUT2D eigenvalue weighted by atomic mass is 16.3. The first kappa shape index (κ1) is 13.7. The maximum absolute atomic E-state index is 12.4. The summed E-state index contributed by atoms with van der Waals surface area (Å²) in [6.45, 7) is 3.54. The van der Waals surface area contributed by atoms with E-state index in [2.05, 4.69) is 15.5 Å². The summed E-state index contributed by atoms with van der Waals surface area (Å²) >= 11 is 0. The average molecular weight is 283 g/mol. The molecule has 21 heavy (non-hydrogen) atoms. The average Bonchev–Trinajstić information content (AvgIpc) is 2.78. The Morgan fingerprint density at radius 2 is 2.05 bits per heavy atom. The Hall–Kier alpha value is -2.27. The third kappa shape index (κ3) is 2.52. The molecule has 0 fully saturated rings. The van der Waals surface area contributed by atoms with Gasteiger partial charge in [0.1, 0.15) is 0 Å². The topological polar surface area (TPSA) is 75.1 Å². The lowest BCUT2D eigenvalue weighted by Gasteiger charge is -2.18. The van der Waals surface area contributed by atoms with Crippen molar-refractivity contribution in [1.82, 2.24) is 15.5 Å². The van der Waals surface area contributed by atoms with Gasteiger partial charge in [0, 0.05) is 6.42 Å². The molecular weight excluding hydrogens is 266 g/mol. The number of nitrogens with zero attached hydrogens (tertiary/aromatic N) is 2. The summed E-state index contributed by atoms with van der Waals surface area (Å²) < 4.78 is 0. The van der Waals surface area contributed by atoms with Crippen LogP contribution >= 0.6 is 0 Å². The standard InChI is InChI=1S/C16H17N3O2/c1-9-7-13(10(2)19-18-9)16(21)17-15-12-6-4-3-5-11(12)8-14(15)20/h3-7,14-15,20H,8H2,1-2H3,(H,17,21)/t14-,15+/m0/s1. The van der Waals surface area contributed by atoms with E-state index >= 15 is 0 Å². The van der Waals surface area contributed by atoms with Crippen LogP contribution in [0.1, 0.15) is 38.9 Å². The Balaban J connectivity index is 1.87. The van der Waals surface area contributed by atoms with E-state index in [9.17, 15) is 9.90 Å². The van der Waals surface area contributed by atoms with Gasteiger partial charge in [0.25, 0.3) is 5.91 Å². The molecule has 5 heteroatoms. The molecule has 0 radical (unpaired) electrons. The largest absolute Gasteiger partial charge is 0.390 e. The van der Waals surface area contributed by atoms with Crippen LogP contribution in [0.15, 0.2) is 30.3 Å². The van der Waals surface area contributed by atoms with Crippen LogP contribution in [0, 0.1) is 13.8 Å². The van der Waals surface area contributed by atoms with E-state index in [1.165, 1.54) is 0 Å². The van der Waals surface area contributed by atoms with E-state index in [-0.39, 0.29) is 11.9 Å². The molecule has 1 aliphatic rings. The fourth-order valence-corrected chi connectivity index (χ4v) is 2.75. The molecule has 0 saturated carbocycles. The minimum absolute atomic E-state index is 0.230. The van der Waals surface area contributed by atoms with E-state index in [0.29, 0.717) is 23.4 Å². The van der Waals surface area contributed by atoms with Crippen molar-refractivity contribution in [1.29, 1.82) is 0 Å². The number of benzene rings is 1. The molecule has 0 saturated heterocycles. The van der Waals surface area contributed by atoms with Gasteiger partial charge in [0.15, 0.2) is 0 Å². The molecule has 1 amide bonds. The van der Waals surface area contributed by atoms with Gasteiger partial charge in [-0.15, -0.1) is 0 Å². The fourth-order valence-electron chi connectivity index (χ4n) is 2.75. The Bertz CT molecular complexity index is 700. The van der Waals surface area contributed by atoms with Gasteiger partial charge in [-0.1, -0.05) is 24.3 Å². The molecule has 5 nitrogen and oxygen atoms in total. The number of hydrogen-bond donors (Lipinski definition) is 2. The van der Waals surface area contributed by atoms with Gasteiger partial charge in [-0.25, -0.2) is 0 Å². The quantitative estimate of drug-likeness (QED) is 0.875. The molecule has 0 bridgehead atoms. The smallest absolute Gasteiger partial charge is 0.253 e. The van der Waals surface area contributed by atoms with Gasteiger partial charge in [-0.2, -0.15) is 10.2 Å². The van der Waals surface area contributed by atoms with Crippen LogP contribution in [0.4, 0.5) is 0 Å². The maximum atomic E-state index is 12.4. The molecule has 1 heterocycles. The lowest BCUT2D eigenvalue weighted by Crippen LogP contribution is -2.34. The molecule has 1 aromatic carbocycles. The van der Waals surface area contributed by atoms with Crippen molar-refractivity contribution >= 4 is 5.91 Å². The van der Waals surface area contributed by atoms with Crippen molar-refractivity contribution in [2.24, 2.45) is 0 Å². The van der Waals surface area contributed by atoms with Crippen LogP contribution in [0.2, 0.25) is 0 Å². The summed E-state index contributed by atoms with van der Waals surface area (Å²) in [5.74, 6) is -0.230. The van der Waals surface area contributed by atoms with Gasteiger partial charge >= 0.3 is 0 Å². The normalized spacial score (nSPS) is 20.1. The zero-order chi connectivity index (χ0) is 15.0. The molecule has 1 aliphatic carbocycles. The minimum atomic E-state index is -0.595. The minimum Gasteiger partial charge on any atom is -0.390 e. The van der Waals surface area contributed by atoms with Gasteiger partial charge in [-0.3, -0.25) is 4.79 Å². The lowest BCUT2D eigenvalue weighted by atomic mass is 10.1. The molecule has 2 atom stereocenters. The molecule has 0 spiro atoms. The van der Waals surface area contributed by atoms with Gasteiger partial charge in [0.2, 0.25) is 0 Å². The molecule has 2 N–H and O–H groups in total. The summed E-state index contributed by atoms with van der Waals surface area (Å²) in [5.41, 5.74) is 3.84. The number of aromatic nitrogens is 2. The second kappa shape index (κ2) is 5.26. The summed E-state index contributed by atoms with van der Waals surface area (Å²) in [5, 5.41) is 21.0. The Morgan fingerprint density at radius 1 is 1.29 bits per heavy atom. The fraction of sp³-hybridized carbons (Fsp3) is 0.312. The first-order chi connectivity index (χ1) is 10.1. The van der Waals surface area contributed by atoms with Crippen molar-refractivity contribution in [3.05, 3.63) is 58.4 Å². The molecular formula is C16H17N3O2. The first-order valence-corrected chi connectivity index (χ1v) is 6.94. The van der Waals surface area contributed by atoms with Crippen molar-refractivity contribution in [2.75, 3.05) is 0 Å². The lowest BCUT2D eigenvalue weighted by molar-refractivity contribution is 0.0857. The Kier molecular flexibility index (Phi) is 3.43. The van der Waals surface area contributed by atoms with Crippen LogP contribution in [0.3, 0.4) is 0 Å². The first-order valence-electron chi connectivity index (χ1n) is 6.94. The third-order valence-electron chi connectivity index (χ3n) is 3.84. The van der Waals surface area contributed by atoms with Crippen LogP contribution in [0.5, 0.6) is 0 Å². The molecule has 108 valence electrons. The molecule has 1 aromatic heterocycles. The zero-order valence-electron chi connectivity index (χ0n) is 12.0. The molecule has 2 aromatic rings. The van der Waals surface area contributed by atoms with Gasteiger partial charge in [-0.05, 0) is 31.0 Å². The predicted molar refractivity (Wildman–Crippen MR) is 77.9 cm³/mol. The monoisotopic (exact) mass is 283 g/mol. The number of rotatable bonds is 2. The highest BCUT2D eigenvalue weighted by Gasteiger charge is 2.32. The van der Waals surface area contributed by atoms with E-state index < -0.39 is 6.10 Å². The van der Waals surface area contributed by atoms with Crippen LogP contribution in [-0.2, 0) is 6.42 Å².